The Balaban J connectivity index is 1.07. The molecule has 5 heterocycles. The van der Waals surface area contributed by atoms with Gasteiger partial charge in [0.1, 0.15) is 11.6 Å². The van der Waals surface area contributed by atoms with E-state index in [4.69, 9.17) is 9.97 Å². The number of halogens is 1. The van der Waals surface area contributed by atoms with Crippen molar-refractivity contribution in [3.8, 4) is 5.75 Å². The molecule has 0 bridgehead atoms. The Kier molecular flexibility index (Phi) is 6.05. The van der Waals surface area contributed by atoms with Gasteiger partial charge in [-0.1, -0.05) is 19.1 Å². The van der Waals surface area contributed by atoms with Gasteiger partial charge in [0.2, 0.25) is 0 Å². The minimum absolute atomic E-state index is 0.0530. The fraction of sp³-hybridized carbons (Fsp3) is 0.367. The van der Waals surface area contributed by atoms with Crippen LogP contribution < -0.4 is 16.2 Å². The largest absolute Gasteiger partial charge is 0.505 e. The predicted molar refractivity (Wildman–Crippen MR) is 149 cm³/mol. The highest BCUT2D eigenvalue weighted by Crippen LogP contribution is 2.44. The van der Waals surface area contributed by atoms with Crippen LogP contribution in [0.25, 0.3) is 17.2 Å². The summed E-state index contributed by atoms with van der Waals surface area (Å²) in [5.74, 6) is 1.65. The number of benzene rings is 1. The SMILES string of the molecule is CCc1cc(O)c(F)cc1C1CCC2C(C1)NNC2c1nc2ncc(Cc3ccc4c(n3)NCC=C4)cc2[nH]1. The van der Waals surface area contributed by atoms with Gasteiger partial charge in [0.05, 0.1) is 11.6 Å². The lowest BCUT2D eigenvalue weighted by Crippen LogP contribution is -2.35. The van der Waals surface area contributed by atoms with Crippen LogP contribution in [0.1, 0.15) is 71.9 Å². The van der Waals surface area contributed by atoms with Crippen molar-refractivity contribution in [2.45, 2.75) is 57.0 Å². The molecule has 2 aliphatic heterocycles. The molecule has 1 aliphatic carbocycles. The number of aromatic hydroxyl groups is 1. The number of imidazole rings is 1. The molecule has 4 aromatic rings. The van der Waals surface area contributed by atoms with E-state index >= 15 is 0 Å². The summed E-state index contributed by atoms with van der Waals surface area (Å²) in [5, 5.41) is 13.2. The molecule has 0 spiro atoms. The number of aromatic nitrogens is 4. The van der Waals surface area contributed by atoms with E-state index in [9.17, 15) is 9.50 Å². The second-order valence-electron chi connectivity index (χ2n) is 10.9. The van der Waals surface area contributed by atoms with Crippen LogP contribution in [-0.4, -0.2) is 37.6 Å². The third-order valence-corrected chi connectivity index (χ3v) is 8.55. The van der Waals surface area contributed by atoms with Gasteiger partial charge in [-0.25, -0.2) is 24.8 Å². The average Bonchev–Trinajstić information content (AvgIpc) is 3.57. The number of hydrogen-bond acceptors (Lipinski definition) is 7. The van der Waals surface area contributed by atoms with Gasteiger partial charge in [-0.05, 0) is 84.5 Å². The topological polar surface area (TPSA) is 111 Å². The molecule has 4 atom stereocenters. The van der Waals surface area contributed by atoms with Crippen molar-refractivity contribution in [2.75, 3.05) is 11.9 Å². The highest BCUT2D eigenvalue weighted by Gasteiger charge is 2.42. The van der Waals surface area contributed by atoms with Crippen molar-refractivity contribution in [3.05, 3.63) is 82.2 Å². The number of hydrogen-bond donors (Lipinski definition) is 5. The first kappa shape index (κ1) is 24.2. The molecule has 1 aromatic carbocycles. The monoisotopic (exact) mass is 525 g/mol. The molecule has 5 N–H and O–H groups in total. The zero-order valence-electron chi connectivity index (χ0n) is 21.8. The van der Waals surface area contributed by atoms with Gasteiger partial charge in [-0.3, -0.25) is 5.43 Å². The van der Waals surface area contributed by atoms with E-state index in [-0.39, 0.29) is 23.8 Å². The Morgan fingerprint density at radius 3 is 2.92 bits per heavy atom. The van der Waals surface area contributed by atoms with Gasteiger partial charge in [0.25, 0.3) is 0 Å². The number of fused-ring (bicyclic) bond motifs is 3. The summed E-state index contributed by atoms with van der Waals surface area (Å²) in [6.07, 6.45) is 10.4. The normalized spacial score (nSPS) is 23.9. The first-order chi connectivity index (χ1) is 19.1. The van der Waals surface area contributed by atoms with Crippen molar-refractivity contribution in [2.24, 2.45) is 5.92 Å². The average molecular weight is 526 g/mol. The van der Waals surface area contributed by atoms with E-state index in [1.54, 1.807) is 6.07 Å². The standard InChI is InChI=1S/C30H32FN7O/c1-2-17-13-26(39)23(31)14-22(17)19-6-8-21-24(12-19)37-38-27(21)30-35-25-11-16(15-33-29(25)36-30)10-20-7-5-18-4-3-9-32-28(18)34-20/h3-5,7,11,13-15,19,21,24,27,37-39H,2,6,8-10,12H2,1H3,(H,32,34)(H,33,35,36). The maximum Gasteiger partial charge on any atom is 0.177 e. The predicted octanol–water partition coefficient (Wildman–Crippen LogP) is 4.89. The van der Waals surface area contributed by atoms with E-state index in [2.05, 4.69) is 56.5 Å². The summed E-state index contributed by atoms with van der Waals surface area (Å²) in [6.45, 7) is 2.85. The Labute approximate surface area is 226 Å². The summed E-state index contributed by atoms with van der Waals surface area (Å²) in [6, 6.07) is 9.73. The van der Waals surface area contributed by atoms with Crippen LogP contribution in [0.15, 0.2) is 42.6 Å². The molecule has 2 fully saturated rings. The van der Waals surface area contributed by atoms with E-state index in [1.165, 1.54) is 6.07 Å². The lowest BCUT2D eigenvalue weighted by Gasteiger charge is -2.33. The highest BCUT2D eigenvalue weighted by molar-refractivity contribution is 5.71. The van der Waals surface area contributed by atoms with Crippen LogP contribution in [0.2, 0.25) is 0 Å². The fourth-order valence-electron chi connectivity index (χ4n) is 6.56. The first-order valence-electron chi connectivity index (χ1n) is 13.8. The minimum atomic E-state index is -0.537. The van der Waals surface area contributed by atoms with Crippen molar-refractivity contribution in [3.63, 3.8) is 0 Å². The third-order valence-electron chi connectivity index (χ3n) is 8.55. The van der Waals surface area contributed by atoms with Crippen LogP contribution in [0.3, 0.4) is 0 Å². The van der Waals surface area contributed by atoms with E-state index < -0.39 is 5.82 Å². The molecular weight excluding hydrogens is 493 g/mol. The number of rotatable bonds is 5. The van der Waals surface area contributed by atoms with Crippen LogP contribution in [0.4, 0.5) is 10.2 Å². The Hall–Kier alpha value is -3.82. The van der Waals surface area contributed by atoms with Crippen LogP contribution in [-0.2, 0) is 12.8 Å². The van der Waals surface area contributed by atoms with E-state index in [0.29, 0.717) is 18.0 Å². The minimum Gasteiger partial charge on any atom is -0.505 e. The number of nitrogens with one attached hydrogen (secondary N) is 4. The summed E-state index contributed by atoms with van der Waals surface area (Å²) in [4.78, 5) is 17.8. The third kappa shape index (κ3) is 4.45. The summed E-state index contributed by atoms with van der Waals surface area (Å²) in [5.41, 5.74) is 13.8. The molecule has 8 nitrogen and oxygen atoms in total. The summed E-state index contributed by atoms with van der Waals surface area (Å²) < 4.78 is 14.2. The molecule has 4 unspecified atom stereocenters. The van der Waals surface area contributed by atoms with E-state index in [1.807, 2.05) is 13.1 Å². The molecule has 0 radical (unpaired) electrons. The number of aromatic amines is 1. The molecule has 3 aromatic heterocycles. The Morgan fingerprint density at radius 2 is 2.03 bits per heavy atom. The molecule has 200 valence electrons. The van der Waals surface area contributed by atoms with E-state index in [0.717, 1.165) is 77.3 Å². The second-order valence-corrected chi connectivity index (χ2v) is 10.9. The van der Waals surface area contributed by atoms with Crippen LogP contribution in [0.5, 0.6) is 5.75 Å². The molecule has 1 saturated carbocycles. The first-order valence-corrected chi connectivity index (χ1v) is 13.8. The zero-order chi connectivity index (χ0) is 26.5. The van der Waals surface area contributed by atoms with Crippen LogP contribution >= 0.6 is 0 Å². The number of aryl methyl sites for hydroxylation is 1. The highest BCUT2D eigenvalue weighted by atomic mass is 19.1. The maximum atomic E-state index is 14.2. The molecule has 3 aliphatic rings. The maximum absolute atomic E-state index is 14.2. The molecular formula is C30H32FN7O. The Bertz CT molecular complexity index is 1580. The number of phenolic OH excluding ortho intramolecular Hbond substituents is 1. The van der Waals surface area contributed by atoms with Gasteiger partial charge in [-0.15, -0.1) is 0 Å². The summed E-state index contributed by atoms with van der Waals surface area (Å²) >= 11 is 0. The lowest BCUT2D eigenvalue weighted by molar-refractivity contribution is 0.276. The van der Waals surface area contributed by atoms with Gasteiger partial charge >= 0.3 is 0 Å². The number of hydrazine groups is 1. The number of H-pyrrole nitrogens is 1. The molecule has 7 rings (SSSR count). The van der Waals surface area contributed by atoms with Crippen molar-refractivity contribution >= 4 is 23.1 Å². The quantitative estimate of drug-likeness (QED) is 0.252. The molecule has 0 amide bonds. The second kappa shape index (κ2) is 9.73. The lowest BCUT2D eigenvalue weighted by atomic mass is 9.73. The van der Waals surface area contributed by atoms with Crippen molar-refractivity contribution < 1.29 is 9.50 Å². The molecule has 9 heteroatoms. The van der Waals surface area contributed by atoms with Crippen LogP contribution in [0, 0.1) is 11.7 Å². The number of phenols is 1. The summed E-state index contributed by atoms with van der Waals surface area (Å²) in [7, 11) is 0. The molecule has 39 heavy (non-hydrogen) atoms. The fourth-order valence-corrected chi connectivity index (χ4v) is 6.56. The zero-order valence-corrected chi connectivity index (χ0v) is 21.8. The molecule has 1 saturated heterocycles. The van der Waals surface area contributed by atoms with Gasteiger partial charge in [0, 0.05) is 36.5 Å². The van der Waals surface area contributed by atoms with Crippen molar-refractivity contribution in [1.82, 2.24) is 30.8 Å². The van der Waals surface area contributed by atoms with Gasteiger partial charge in [-0.2, -0.15) is 0 Å². The van der Waals surface area contributed by atoms with Gasteiger partial charge < -0.3 is 15.4 Å². The number of nitrogens with zero attached hydrogens (tertiary/aromatic N) is 3. The van der Waals surface area contributed by atoms with Gasteiger partial charge in [0.15, 0.2) is 17.2 Å². The smallest absolute Gasteiger partial charge is 0.177 e. The van der Waals surface area contributed by atoms with Crippen molar-refractivity contribution in [1.29, 1.82) is 0 Å². The number of anilines is 1. The Morgan fingerprint density at radius 1 is 1.10 bits per heavy atom. The number of pyridine rings is 2.